The van der Waals surface area contributed by atoms with Crippen LogP contribution < -0.4 is 0 Å². The van der Waals surface area contributed by atoms with Gasteiger partial charge in [0.1, 0.15) is 0 Å². The van der Waals surface area contributed by atoms with Crippen LogP contribution in [-0.2, 0) is 5.41 Å². The number of fused-ring (bicyclic) bond motifs is 3. The van der Waals surface area contributed by atoms with Gasteiger partial charge in [0.15, 0.2) is 4.96 Å². The Morgan fingerprint density at radius 3 is 3.00 bits per heavy atom. The van der Waals surface area contributed by atoms with Gasteiger partial charge in [0, 0.05) is 27.0 Å². The zero-order valence-corrected chi connectivity index (χ0v) is 17.2. The van der Waals surface area contributed by atoms with Crippen molar-refractivity contribution >= 4 is 32.2 Å². The van der Waals surface area contributed by atoms with Crippen molar-refractivity contribution < 1.29 is 0 Å². The molecule has 134 valence electrons. The molecule has 3 bridgehead atoms. The van der Waals surface area contributed by atoms with Gasteiger partial charge in [-0.2, -0.15) is 0 Å². The van der Waals surface area contributed by atoms with Crippen molar-refractivity contribution in [2.45, 2.75) is 50.4 Å². The van der Waals surface area contributed by atoms with Crippen molar-refractivity contribution in [2.75, 3.05) is 0 Å². The average molecular weight is 427 g/mol. The van der Waals surface area contributed by atoms with E-state index in [-0.39, 0.29) is 0 Å². The number of hydrogen-bond donors (Lipinski definition) is 0. The highest BCUT2D eigenvalue weighted by atomic mass is 79.9. The van der Waals surface area contributed by atoms with Gasteiger partial charge >= 0.3 is 0 Å². The lowest BCUT2D eigenvalue weighted by molar-refractivity contribution is 0.215. The SMILES string of the molecule is Brc1cccc(-c2csc3nc(C45CC6CCCC(C4)C(C6)C5)cn23)c1. The first-order valence-corrected chi connectivity index (χ1v) is 11.6. The third-order valence-electron chi connectivity index (χ3n) is 7.35. The van der Waals surface area contributed by atoms with Gasteiger partial charge in [-0.1, -0.05) is 47.3 Å². The molecule has 3 aliphatic rings. The lowest BCUT2D eigenvalue weighted by atomic mass is 9.68. The van der Waals surface area contributed by atoms with Crippen LogP contribution >= 0.6 is 27.3 Å². The second kappa shape index (κ2) is 5.68. The zero-order chi connectivity index (χ0) is 17.3. The molecule has 2 aromatic heterocycles. The Balaban J connectivity index is 1.44. The highest BCUT2D eigenvalue weighted by molar-refractivity contribution is 9.10. The smallest absolute Gasteiger partial charge is 0.194 e. The summed E-state index contributed by atoms with van der Waals surface area (Å²) in [6, 6.07) is 8.60. The van der Waals surface area contributed by atoms with E-state index in [4.69, 9.17) is 4.98 Å². The van der Waals surface area contributed by atoms with Gasteiger partial charge in [-0.15, -0.1) is 11.3 Å². The zero-order valence-electron chi connectivity index (χ0n) is 14.8. The molecule has 0 radical (unpaired) electrons. The Kier molecular flexibility index (Phi) is 3.47. The van der Waals surface area contributed by atoms with Crippen molar-refractivity contribution in [2.24, 2.45) is 17.8 Å². The highest BCUT2D eigenvalue weighted by Gasteiger charge is 2.53. The first-order valence-electron chi connectivity index (χ1n) is 9.93. The Labute approximate surface area is 166 Å². The van der Waals surface area contributed by atoms with E-state index in [0.717, 1.165) is 27.2 Å². The molecule has 0 N–H and O–H groups in total. The van der Waals surface area contributed by atoms with Crippen LogP contribution in [0.5, 0.6) is 0 Å². The topological polar surface area (TPSA) is 17.3 Å². The minimum Gasteiger partial charge on any atom is -0.290 e. The molecule has 2 heterocycles. The number of halogens is 1. The monoisotopic (exact) mass is 426 g/mol. The van der Waals surface area contributed by atoms with E-state index < -0.39 is 0 Å². The largest absolute Gasteiger partial charge is 0.290 e. The molecule has 2 nitrogen and oxygen atoms in total. The van der Waals surface area contributed by atoms with Crippen LogP contribution in [0.2, 0.25) is 0 Å². The molecule has 3 aromatic rings. The Hall–Kier alpha value is -1.13. The summed E-state index contributed by atoms with van der Waals surface area (Å²) in [6.45, 7) is 0. The van der Waals surface area contributed by atoms with Crippen LogP contribution in [0.4, 0.5) is 0 Å². The summed E-state index contributed by atoms with van der Waals surface area (Å²) in [6.07, 6.45) is 12.4. The summed E-state index contributed by atoms with van der Waals surface area (Å²) in [5, 5.41) is 2.25. The number of hydrogen-bond acceptors (Lipinski definition) is 2. The fourth-order valence-electron chi connectivity index (χ4n) is 6.36. The lowest BCUT2D eigenvalue weighted by Crippen LogP contribution is -2.31. The second-order valence-electron chi connectivity index (χ2n) is 8.86. The number of rotatable bonds is 2. The minimum absolute atomic E-state index is 0.374. The standard InChI is InChI=1S/C22H23BrN2S/c23-18-6-2-4-15(8-18)19-13-26-21-24-20(12-25(19)21)22-9-14-3-1-5-16(10-22)17(7-14)11-22/h2,4,6,8,12-14,16-17H,1,3,5,7,9-11H2. The van der Waals surface area contributed by atoms with Gasteiger partial charge in [-0.25, -0.2) is 4.98 Å². The highest BCUT2D eigenvalue weighted by Crippen LogP contribution is 2.60. The Morgan fingerprint density at radius 1 is 1.15 bits per heavy atom. The molecule has 0 aliphatic heterocycles. The molecule has 6 rings (SSSR count). The van der Waals surface area contributed by atoms with E-state index in [1.165, 1.54) is 61.9 Å². The van der Waals surface area contributed by atoms with Crippen molar-refractivity contribution in [1.82, 2.24) is 9.38 Å². The summed E-state index contributed by atoms with van der Waals surface area (Å²) in [5.41, 5.74) is 4.29. The minimum atomic E-state index is 0.374. The normalized spacial score (nSPS) is 33.0. The van der Waals surface area contributed by atoms with Gasteiger partial charge in [-0.3, -0.25) is 4.40 Å². The van der Waals surface area contributed by atoms with Gasteiger partial charge < -0.3 is 0 Å². The molecule has 3 fully saturated rings. The molecule has 4 atom stereocenters. The van der Waals surface area contributed by atoms with E-state index in [1.54, 1.807) is 11.3 Å². The van der Waals surface area contributed by atoms with Gasteiger partial charge in [0.05, 0.1) is 11.4 Å². The molecule has 26 heavy (non-hydrogen) atoms. The van der Waals surface area contributed by atoms with E-state index >= 15 is 0 Å². The Morgan fingerprint density at radius 2 is 2.08 bits per heavy atom. The van der Waals surface area contributed by atoms with E-state index in [1.807, 2.05) is 0 Å². The second-order valence-corrected chi connectivity index (χ2v) is 10.6. The molecule has 0 amide bonds. The summed E-state index contributed by atoms with van der Waals surface area (Å²) in [4.78, 5) is 6.33. The average Bonchev–Trinajstić information content (AvgIpc) is 3.24. The molecule has 0 saturated heterocycles. The van der Waals surface area contributed by atoms with Crippen LogP contribution in [-0.4, -0.2) is 9.38 Å². The fraction of sp³-hybridized carbons (Fsp3) is 0.500. The summed E-state index contributed by atoms with van der Waals surface area (Å²) in [7, 11) is 0. The molecular weight excluding hydrogens is 404 g/mol. The first kappa shape index (κ1) is 15.9. The molecule has 1 aromatic carbocycles. The number of imidazole rings is 1. The molecule has 4 unspecified atom stereocenters. The number of thiazole rings is 1. The van der Waals surface area contributed by atoms with E-state index in [2.05, 4.69) is 56.2 Å². The van der Waals surface area contributed by atoms with Gasteiger partial charge in [0.25, 0.3) is 0 Å². The predicted octanol–water partition coefficient (Wildman–Crippen LogP) is 6.68. The van der Waals surface area contributed by atoms with Crippen molar-refractivity contribution in [3.63, 3.8) is 0 Å². The van der Waals surface area contributed by atoms with E-state index in [9.17, 15) is 0 Å². The van der Waals surface area contributed by atoms with Crippen molar-refractivity contribution in [3.8, 4) is 11.3 Å². The summed E-state index contributed by atoms with van der Waals surface area (Å²) >= 11 is 5.39. The molecule has 0 spiro atoms. The maximum Gasteiger partial charge on any atom is 0.194 e. The van der Waals surface area contributed by atoms with Crippen LogP contribution in [0.15, 0.2) is 40.3 Å². The lowest BCUT2D eigenvalue weighted by Gasteiger charge is -2.36. The van der Waals surface area contributed by atoms with Gasteiger partial charge in [0.2, 0.25) is 0 Å². The van der Waals surface area contributed by atoms with Gasteiger partial charge in [-0.05, 0) is 55.6 Å². The third kappa shape index (κ3) is 2.31. The van der Waals surface area contributed by atoms with Crippen molar-refractivity contribution in [1.29, 1.82) is 0 Å². The fourth-order valence-corrected chi connectivity index (χ4v) is 7.64. The first-order chi connectivity index (χ1) is 12.7. The van der Waals surface area contributed by atoms with Crippen LogP contribution in [0.1, 0.15) is 50.6 Å². The molecular formula is C22H23BrN2S. The van der Waals surface area contributed by atoms with E-state index in [0.29, 0.717) is 5.41 Å². The molecule has 3 aliphatic carbocycles. The quantitative estimate of drug-likeness (QED) is 0.446. The molecule has 4 heteroatoms. The number of benzene rings is 1. The van der Waals surface area contributed by atoms with Crippen LogP contribution in [0, 0.1) is 17.8 Å². The Bertz CT molecular complexity index is 985. The molecule has 3 saturated carbocycles. The van der Waals surface area contributed by atoms with Crippen molar-refractivity contribution in [3.05, 3.63) is 46.0 Å². The number of nitrogens with zero attached hydrogens (tertiary/aromatic N) is 2. The third-order valence-corrected chi connectivity index (χ3v) is 8.68. The number of aromatic nitrogens is 2. The maximum atomic E-state index is 5.17. The summed E-state index contributed by atoms with van der Waals surface area (Å²) in [5.74, 6) is 2.89. The van der Waals surface area contributed by atoms with Crippen LogP contribution in [0.3, 0.4) is 0 Å². The van der Waals surface area contributed by atoms with Crippen LogP contribution in [0.25, 0.3) is 16.2 Å². The predicted molar refractivity (Wildman–Crippen MR) is 111 cm³/mol. The maximum absolute atomic E-state index is 5.17. The summed E-state index contributed by atoms with van der Waals surface area (Å²) < 4.78 is 3.47.